The first-order chi connectivity index (χ1) is 15.9. The number of amides is 1. The summed E-state index contributed by atoms with van der Waals surface area (Å²) in [7, 11) is 0. The minimum Gasteiger partial charge on any atom is -0.454 e. The predicted molar refractivity (Wildman–Crippen MR) is 121 cm³/mol. The van der Waals surface area contributed by atoms with Crippen LogP contribution < -0.4 is 14.8 Å². The lowest BCUT2D eigenvalue weighted by molar-refractivity contribution is 0.0194. The summed E-state index contributed by atoms with van der Waals surface area (Å²) in [6, 6.07) is 5.77. The van der Waals surface area contributed by atoms with Gasteiger partial charge in [-0.1, -0.05) is 12.1 Å². The van der Waals surface area contributed by atoms with Gasteiger partial charge in [0.2, 0.25) is 6.79 Å². The largest absolute Gasteiger partial charge is 0.454 e. The van der Waals surface area contributed by atoms with Gasteiger partial charge in [0.25, 0.3) is 0 Å². The maximum absolute atomic E-state index is 12.5. The number of aromatic amines is 1. The number of para-hydroxylation sites is 1. The molecule has 0 saturated carbocycles. The number of hydrogen-bond acceptors (Lipinski definition) is 6. The highest BCUT2D eigenvalue weighted by Gasteiger charge is 2.38. The summed E-state index contributed by atoms with van der Waals surface area (Å²) in [6.07, 6.45) is 2.95. The van der Waals surface area contributed by atoms with Crippen molar-refractivity contribution in [2.45, 2.75) is 45.1 Å². The van der Waals surface area contributed by atoms with E-state index in [-0.39, 0.29) is 24.7 Å². The van der Waals surface area contributed by atoms with Gasteiger partial charge in [-0.3, -0.25) is 5.10 Å². The maximum atomic E-state index is 12.5. The van der Waals surface area contributed by atoms with Gasteiger partial charge in [-0.25, -0.2) is 9.64 Å². The van der Waals surface area contributed by atoms with Crippen molar-refractivity contribution in [1.29, 1.82) is 0 Å². The molecule has 1 saturated heterocycles. The van der Waals surface area contributed by atoms with Crippen LogP contribution in [0.2, 0.25) is 0 Å². The zero-order valence-electron chi connectivity index (χ0n) is 19.0. The second-order valence-corrected chi connectivity index (χ2v) is 9.49. The van der Waals surface area contributed by atoms with Gasteiger partial charge in [-0.2, -0.15) is 5.10 Å². The summed E-state index contributed by atoms with van der Waals surface area (Å²) in [5, 5.41) is 10.7. The van der Waals surface area contributed by atoms with Crippen molar-refractivity contribution in [3.05, 3.63) is 58.3 Å². The lowest BCUT2D eigenvalue weighted by atomic mass is 9.81. The smallest absolute Gasteiger partial charge is 0.410 e. The van der Waals surface area contributed by atoms with Crippen molar-refractivity contribution in [1.82, 2.24) is 15.1 Å². The molecular weight excluding hydrogens is 422 g/mol. The Bertz CT molecular complexity index is 1150. The fourth-order valence-electron chi connectivity index (χ4n) is 4.72. The van der Waals surface area contributed by atoms with Gasteiger partial charge in [0.1, 0.15) is 11.4 Å². The van der Waals surface area contributed by atoms with Crippen LogP contribution in [-0.2, 0) is 4.74 Å². The van der Waals surface area contributed by atoms with Crippen molar-refractivity contribution in [3.8, 4) is 11.5 Å². The van der Waals surface area contributed by atoms with Crippen LogP contribution in [0.4, 0.5) is 10.6 Å². The Labute approximate surface area is 192 Å². The zero-order chi connectivity index (χ0) is 23.2. The van der Waals surface area contributed by atoms with Crippen molar-refractivity contribution in [2.24, 2.45) is 5.92 Å². The normalized spacial score (nSPS) is 20.2. The quantitative estimate of drug-likeness (QED) is 0.657. The predicted octanol–water partition coefficient (Wildman–Crippen LogP) is 4.47. The third-order valence-corrected chi connectivity index (χ3v) is 6.20. The highest BCUT2D eigenvalue weighted by Crippen LogP contribution is 2.49. The Kier molecular flexibility index (Phi) is 5.16. The minimum atomic E-state index is -0.523. The van der Waals surface area contributed by atoms with Crippen LogP contribution in [0.15, 0.2) is 35.8 Å². The Morgan fingerprint density at radius 1 is 1.24 bits per heavy atom. The van der Waals surface area contributed by atoms with Crippen LogP contribution in [0.3, 0.4) is 0 Å². The topological polar surface area (TPSA) is 93.1 Å². The number of H-pyrrole nitrogens is 1. The van der Waals surface area contributed by atoms with Crippen molar-refractivity contribution >= 4 is 11.9 Å². The number of rotatable bonds is 2. The average molecular weight is 450 g/mol. The number of ether oxygens (including phenoxy) is 3. The molecule has 1 aromatic heterocycles. The molecule has 0 aliphatic carbocycles. The molecule has 1 unspecified atom stereocenters. The molecule has 1 aromatic carbocycles. The van der Waals surface area contributed by atoms with Crippen LogP contribution in [-0.4, -0.2) is 46.7 Å². The first kappa shape index (κ1) is 21.2. The number of anilines is 1. The first-order valence-corrected chi connectivity index (χ1v) is 11.1. The molecule has 172 valence electrons. The van der Waals surface area contributed by atoms with Crippen LogP contribution >= 0.6 is 0 Å². The van der Waals surface area contributed by atoms with Crippen molar-refractivity contribution < 1.29 is 19.0 Å². The molecule has 1 atom stereocenters. The summed E-state index contributed by atoms with van der Waals surface area (Å²) in [6.45, 7) is 15.0. The molecule has 5 rings (SSSR count). The molecular formula is C24H27N5O4. The number of carbonyl (C=O) groups is 1. The molecule has 0 bridgehead atoms. The van der Waals surface area contributed by atoms with E-state index in [4.69, 9.17) is 20.8 Å². The minimum absolute atomic E-state index is 0.112. The average Bonchev–Trinajstić information content (AvgIpc) is 3.46. The van der Waals surface area contributed by atoms with E-state index in [9.17, 15) is 4.79 Å². The summed E-state index contributed by atoms with van der Waals surface area (Å²) in [5.74, 6) is 1.95. The molecule has 0 radical (unpaired) electrons. The molecule has 1 amide bonds. The molecule has 0 spiro atoms. The van der Waals surface area contributed by atoms with Gasteiger partial charge in [-0.15, -0.1) is 0 Å². The number of piperidine rings is 1. The summed E-state index contributed by atoms with van der Waals surface area (Å²) < 4.78 is 16.9. The number of aromatic nitrogens is 2. The number of fused-ring (bicyclic) bond motifs is 2. The highest BCUT2D eigenvalue weighted by molar-refractivity contribution is 5.69. The molecule has 4 heterocycles. The first-order valence-electron chi connectivity index (χ1n) is 11.1. The number of nitrogens with zero attached hydrogens (tertiary/aromatic N) is 3. The van der Waals surface area contributed by atoms with E-state index in [1.807, 2.05) is 39.0 Å². The lowest BCUT2D eigenvalue weighted by Crippen LogP contribution is -2.42. The van der Waals surface area contributed by atoms with Crippen molar-refractivity contribution in [2.75, 3.05) is 25.2 Å². The Balaban J connectivity index is 1.45. The highest BCUT2D eigenvalue weighted by atomic mass is 16.7. The monoisotopic (exact) mass is 449 g/mol. The fourth-order valence-corrected chi connectivity index (χ4v) is 4.72. The van der Waals surface area contributed by atoms with Gasteiger partial charge in [0.15, 0.2) is 17.2 Å². The SMILES string of the molecule is [C-]#[N+]C1=C(C2CCN(C(=O)OC(C)(C)C)CC2)Nc2[nH]ncc2C1c1cccc2c1OCO2. The third kappa shape index (κ3) is 3.86. The van der Waals surface area contributed by atoms with Crippen LogP contribution in [0, 0.1) is 12.5 Å². The second-order valence-electron chi connectivity index (χ2n) is 9.49. The molecule has 2 N–H and O–H groups in total. The maximum Gasteiger partial charge on any atom is 0.410 e. The molecule has 3 aliphatic heterocycles. The van der Waals surface area contributed by atoms with Gasteiger partial charge < -0.3 is 24.4 Å². The zero-order valence-corrected chi connectivity index (χ0v) is 19.0. The van der Waals surface area contributed by atoms with Gasteiger partial charge in [0, 0.05) is 29.9 Å². The number of likely N-dealkylation sites (tertiary alicyclic amines) is 1. The Morgan fingerprint density at radius 2 is 2.03 bits per heavy atom. The Morgan fingerprint density at radius 3 is 2.76 bits per heavy atom. The summed E-state index contributed by atoms with van der Waals surface area (Å²) in [5.41, 5.74) is 2.78. The van der Waals surface area contributed by atoms with E-state index < -0.39 is 5.60 Å². The third-order valence-electron chi connectivity index (χ3n) is 6.20. The number of nitrogens with one attached hydrogen (secondary N) is 2. The van der Waals surface area contributed by atoms with E-state index in [1.165, 1.54) is 0 Å². The van der Waals surface area contributed by atoms with Gasteiger partial charge >= 0.3 is 6.09 Å². The second kappa shape index (κ2) is 8.03. The number of benzene rings is 1. The van der Waals surface area contributed by atoms with Crippen LogP contribution in [0.5, 0.6) is 11.5 Å². The molecule has 1 fully saturated rings. The van der Waals surface area contributed by atoms with Crippen LogP contribution in [0.1, 0.15) is 50.7 Å². The number of hydrogen-bond donors (Lipinski definition) is 2. The van der Waals surface area contributed by atoms with E-state index in [1.54, 1.807) is 11.1 Å². The molecule has 9 heteroatoms. The molecule has 33 heavy (non-hydrogen) atoms. The molecule has 2 aromatic rings. The fraction of sp³-hybridized carbons (Fsp3) is 0.458. The Hall–Kier alpha value is -3.67. The summed E-state index contributed by atoms with van der Waals surface area (Å²) >= 11 is 0. The van der Waals surface area contributed by atoms with Crippen LogP contribution in [0.25, 0.3) is 4.85 Å². The number of allylic oxidation sites excluding steroid dienone is 2. The van der Waals surface area contributed by atoms with Gasteiger partial charge in [-0.05, 0) is 45.6 Å². The van der Waals surface area contributed by atoms with Gasteiger partial charge in [0.05, 0.1) is 18.7 Å². The number of carbonyl (C=O) groups excluding carboxylic acids is 1. The van der Waals surface area contributed by atoms with E-state index in [2.05, 4.69) is 20.4 Å². The van der Waals surface area contributed by atoms with E-state index >= 15 is 0 Å². The molecule has 9 nitrogen and oxygen atoms in total. The van der Waals surface area contributed by atoms with E-state index in [0.717, 1.165) is 35.5 Å². The van der Waals surface area contributed by atoms with E-state index in [0.29, 0.717) is 30.3 Å². The van der Waals surface area contributed by atoms with Crippen molar-refractivity contribution in [3.63, 3.8) is 0 Å². The standard InChI is InChI=1S/C24H27N5O4/c1-24(2,3)33-23(30)29-10-8-14(9-11-29)19-20(25-4)18(16-12-26-28-22(16)27-19)15-6-5-7-17-21(15)32-13-31-17/h5-7,12,14,18H,8-11,13H2,1-3H3,(H2,26,27,28). The lowest BCUT2D eigenvalue weighted by Gasteiger charge is -2.37. The molecule has 3 aliphatic rings. The summed E-state index contributed by atoms with van der Waals surface area (Å²) in [4.78, 5) is 18.2.